The van der Waals surface area contributed by atoms with E-state index in [0.29, 0.717) is 67.2 Å². The average molecular weight is 721 g/mol. The van der Waals surface area contributed by atoms with Crippen molar-refractivity contribution in [3.8, 4) is 0 Å². The Labute approximate surface area is 293 Å². The highest BCUT2D eigenvalue weighted by molar-refractivity contribution is 7.89. The van der Waals surface area contributed by atoms with Crippen LogP contribution in [0.4, 0.5) is 0 Å². The van der Waals surface area contributed by atoms with Crippen molar-refractivity contribution in [1.82, 2.24) is 14.9 Å². The van der Waals surface area contributed by atoms with E-state index < -0.39 is 10.0 Å². The fourth-order valence-electron chi connectivity index (χ4n) is 5.40. The van der Waals surface area contributed by atoms with Crippen LogP contribution < -0.4 is 10.0 Å². The summed E-state index contributed by atoms with van der Waals surface area (Å²) in [5.74, 6) is -0.135. The molecule has 1 heterocycles. The van der Waals surface area contributed by atoms with Crippen molar-refractivity contribution in [2.24, 2.45) is 0 Å². The maximum atomic E-state index is 12.8. The Morgan fingerprint density at radius 2 is 1.46 bits per heavy atom. The quantitative estimate of drug-likeness (QED) is 0.126. The molecule has 0 aromatic heterocycles. The van der Waals surface area contributed by atoms with Crippen LogP contribution in [0.1, 0.15) is 63.1 Å². The number of benzene rings is 3. The van der Waals surface area contributed by atoms with Crippen molar-refractivity contribution in [1.29, 1.82) is 0 Å². The molecule has 0 unspecified atom stereocenters. The number of hydrogen-bond donors (Lipinski definition) is 2. The first-order valence-electron chi connectivity index (χ1n) is 16.0. The number of likely N-dealkylation sites (N-methyl/N-ethyl adjacent to an activating group) is 1. The summed E-state index contributed by atoms with van der Waals surface area (Å²) >= 11 is 12.8. The van der Waals surface area contributed by atoms with E-state index in [-0.39, 0.29) is 35.7 Å². The minimum absolute atomic E-state index is 0.0222. The van der Waals surface area contributed by atoms with Crippen molar-refractivity contribution in [3.63, 3.8) is 0 Å². The van der Waals surface area contributed by atoms with Gasteiger partial charge in [-0.05, 0) is 66.6 Å². The summed E-state index contributed by atoms with van der Waals surface area (Å²) in [4.78, 5) is 26.5. The van der Waals surface area contributed by atoms with Crippen LogP contribution >= 0.6 is 23.2 Å². The number of amides is 1. The van der Waals surface area contributed by atoms with E-state index in [2.05, 4.69) is 14.9 Å². The zero-order valence-electron chi connectivity index (χ0n) is 27.3. The molecule has 0 radical (unpaired) electrons. The largest absolute Gasteiger partial charge is 0.378 e. The first-order valence-corrected chi connectivity index (χ1v) is 18.2. The van der Waals surface area contributed by atoms with E-state index in [1.54, 1.807) is 42.5 Å². The van der Waals surface area contributed by atoms with Gasteiger partial charge in [0, 0.05) is 59.7 Å². The summed E-state index contributed by atoms with van der Waals surface area (Å²) in [6.07, 6.45) is 1.28. The minimum Gasteiger partial charge on any atom is -0.378 e. The predicted octanol–water partition coefficient (Wildman–Crippen LogP) is 5.31. The molecule has 1 aliphatic rings. The zero-order chi connectivity index (χ0) is 34.5. The first-order chi connectivity index (χ1) is 23.1. The van der Waals surface area contributed by atoms with E-state index in [0.717, 1.165) is 36.2 Å². The second-order valence-corrected chi connectivity index (χ2v) is 14.1. The molecule has 1 aliphatic heterocycles. The predicted molar refractivity (Wildman–Crippen MR) is 187 cm³/mol. The SMILES string of the molecule is CCCC(=O)c1ccc(C(=O)NCCOCCOCCOCCNS(=O)(=O)c2ccc([C@@H]3CN(C)Cc4c(Cl)cc(Cl)cc43)cc2)cc1. The third-order valence-corrected chi connectivity index (χ3v) is 9.88. The van der Waals surface area contributed by atoms with Gasteiger partial charge in [-0.2, -0.15) is 0 Å². The second kappa shape index (κ2) is 18.8. The van der Waals surface area contributed by atoms with Crippen LogP contribution in [0.25, 0.3) is 0 Å². The van der Waals surface area contributed by atoms with E-state index >= 15 is 0 Å². The van der Waals surface area contributed by atoms with Crippen LogP contribution in [0.2, 0.25) is 10.0 Å². The smallest absolute Gasteiger partial charge is 0.251 e. The number of rotatable bonds is 19. The van der Waals surface area contributed by atoms with Crippen LogP contribution in [0.15, 0.2) is 65.6 Å². The lowest BCUT2D eigenvalue weighted by Gasteiger charge is -2.33. The fraction of sp³-hybridized carbons (Fsp3) is 0.429. The number of carbonyl (C=O) groups is 2. The maximum absolute atomic E-state index is 12.8. The van der Waals surface area contributed by atoms with Crippen LogP contribution in [-0.4, -0.2) is 91.3 Å². The van der Waals surface area contributed by atoms with Crippen LogP contribution in [0, 0.1) is 0 Å². The zero-order valence-corrected chi connectivity index (χ0v) is 29.6. The number of halogens is 2. The van der Waals surface area contributed by atoms with Crippen molar-refractivity contribution in [3.05, 3.63) is 98.5 Å². The number of nitrogens with one attached hydrogen (secondary N) is 2. The molecule has 1 amide bonds. The van der Waals surface area contributed by atoms with Gasteiger partial charge >= 0.3 is 0 Å². The molecule has 2 N–H and O–H groups in total. The molecular weight excluding hydrogens is 677 g/mol. The second-order valence-electron chi connectivity index (χ2n) is 11.5. The number of hydrogen-bond acceptors (Lipinski definition) is 8. The summed E-state index contributed by atoms with van der Waals surface area (Å²) in [5.41, 5.74) is 4.19. The van der Waals surface area contributed by atoms with Crippen LogP contribution in [0.5, 0.6) is 0 Å². The number of Topliss-reactive ketones (excluding diaryl/α,β-unsaturated/α-hetero) is 1. The highest BCUT2D eigenvalue weighted by Crippen LogP contribution is 2.38. The Morgan fingerprint density at radius 3 is 2.10 bits per heavy atom. The molecule has 0 fully saturated rings. The molecule has 0 bridgehead atoms. The average Bonchev–Trinajstić information content (AvgIpc) is 3.07. The van der Waals surface area contributed by atoms with Gasteiger partial charge in [0.05, 0.1) is 44.5 Å². The number of sulfonamides is 1. The molecule has 3 aromatic rings. The molecule has 260 valence electrons. The van der Waals surface area contributed by atoms with Gasteiger partial charge in [0.25, 0.3) is 5.91 Å². The molecule has 0 spiro atoms. The van der Waals surface area contributed by atoms with Crippen molar-refractivity contribution >= 4 is 44.9 Å². The monoisotopic (exact) mass is 719 g/mol. The molecule has 13 heteroatoms. The molecular formula is C35H43Cl2N3O7S. The van der Waals surface area contributed by atoms with E-state index in [1.165, 1.54) is 0 Å². The van der Waals surface area contributed by atoms with Crippen LogP contribution in [0.3, 0.4) is 0 Å². The van der Waals surface area contributed by atoms with E-state index in [1.807, 2.05) is 32.2 Å². The molecule has 0 saturated heterocycles. The summed E-state index contributed by atoms with van der Waals surface area (Å²) in [5, 5.41) is 4.00. The summed E-state index contributed by atoms with van der Waals surface area (Å²) in [6, 6.07) is 17.2. The van der Waals surface area contributed by atoms with Gasteiger partial charge in [0.15, 0.2) is 5.78 Å². The Hall–Kier alpha value is -2.87. The molecule has 1 atom stereocenters. The lowest BCUT2D eigenvalue weighted by molar-refractivity contribution is 0.0162. The fourth-order valence-corrected chi connectivity index (χ4v) is 6.98. The highest BCUT2D eigenvalue weighted by atomic mass is 35.5. The molecule has 4 rings (SSSR count). The summed E-state index contributed by atoms with van der Waals surface area (Å²) in [6.45, 7) is 5.79. The summed E-state index contributed by atoms with van der Waals surface area (Å²) < 4.78 is 44.7. The highest BCUT2D eigenvalue weighted by Gasteiger charge is 2.27. The van der Waals surface area contributed by atoms with Gasteiger partial charge in [-0.15, -0.1) is 0 Å². The van der Waals surface area contributed by atoms with Gasteiger partial charge in [-0.3, -0.25) is 9.59 Å². The number of carbonyl (C=O) groups excluding carboxylic acids is 2. The molecule has 0 aliphatic carbocycles. The standard InChI is InChI=1S/C35H43Cl2N3O7S/c1-3-4-34(41)26-5-7-27(8-6-26)35(42)38-13-15-45-17-19-47-20-18-46-16-14-39-48(43,44)29-11-9-25(10-12-29)31-23-40(2)24-32-30(31)21-28(36)22-33(32)37/h5-12,21-22,31,39H,3-4,13-20,23-24H2,1-2H3,(H,38,42)/t31-/m0/s1. The lowest BCUT2D eigenvalue weighted by atomic mass is 9.85. The first kappa shape index (κ1) is 37.9. The Balaban J connectivity index is 1.05. The Bertz CT molecular complexity index is 1620. The number of nitrogens with zero attached hydrogens (tertiary/aromatic N) is 1. The van der Waals surface area contributed by atoms with Gasteiger partial charge in [0.2, 0.25) is 10.0 Å². The summed E-state index contributed by atoms with van der Waals surface area (Å²) in [7, 11) is -1.67. The van der Waals surface area contributed by atoms with Gasteiger partial charge < -0.3 is 24.4 Å². The van der Waals surface area contributed by atoms with Crippen molar-refractivity contribution < 1.29 is 32.2 Å². The maximum Gasteiger partial charge on any atom is 0.251 e. The van der Waals surface area contributed by atoms with Crippen molar-refractivity contribution in [2.45, 2.75) is 37.1 Å². The third kappa shape index (κ3) is 11.1. The van der Waals surface area contributed by atoms with Gasteiger partial charge in [-0.1, -0.05) is 54.4 Å². The van der Waals surface area contributed by atoms with E-state index in [9.17, 15) is 18.0 Å². The molecule has 10 nitrogen and oxygen atoms in total. The molecule has 48 heavy (non-hydrogen) atoms. The molecule has 0 saturated carbocycles. The Kier molecular flexibility index (Phi) is 14.8. The number of ketones is 1. The molecule has 3 aromatic carbocycles. The third-order valence-electron chi connectivity index (χ3n) is 7.85. The number of ether oxygens (including phenoxy) is 3. The van der Waals surface area contributed by atoms with Gasteiger partial charge in [-0.25, -0.2) is 13.1 Å². The van der Waals surface area contributed by atoms with E-state index in [4.69, 9.17) is 37.4 Å². The topological polar surface area (TPSA) is 123 Å². The minimum atomic E-state index is -3.70. The van der Waals surface area contributed by atoms with Crippen LogP contribution in [-0.2, 0) is 30.8 Å². The normalized spacial score (nSPS) is 14.9. The number of fused-ring (bicyclic) bond motifs is 1. The van der Waals surface area contributed by atoms with Gasteiger partial charge in [0.1, 0.15) is 0 Å². The Morgan fingerprint density at radius 1 is 0.854 bits per heavy atom. The van der Waals surface area contributed by atoms with Crippen molar-refractivity contribution in [2.75, 3.05) is 66.3 Å². The lowest BCUT2D eigenvalue weighted by Crippen LogP contribution is -2.31.